The summed E-state index contributed by atoms with van der Waals surface area (Å²) in [6.45, 7) is 1.36. The molecule has 13 heavy (non-hydrogen) atoms. The van der Waals surface area contributed by atoms with Crippen molar-refractivity contribution < 1.29 is 14.6 Å². The van der Waals surface area contributed by atoms with Crippen molar-refractivity contribution >= 4 is 21.9 Å². The van der Waals surface area contributed by atoms with Crippen LogP contribution in [-0.4, -0.2) is 17.2 Å². The highest BCUT2D eigenvalue weighted by Gasteiger charge is 2.10. The van der Waals surface area contributed by atoms with Crippen molar-refractivity contribution in [2.24, 2.45) is 0 Å². The molecule has 1 atom stereocenters. The number of esters is 1. The number of halogens is 1. The molecule has 1 unspecified atom stereocenters. The van der Waals surface area contributed by atoms with E-state index in [0.29, 0.717) is 5.75 Å². The van der Waals surface area contributed by atoms with Crippen LogP contribution in [0.1, 0.15) is 6.92 Å². The van der Waals surface area contributed by atoms with E-state index < -0.39 is 12.1 Å². The predicted octanol–water partition coefficient (Wildman–Crippen LogP) is 1.74. The lowest BCUT2D eigenvalue weighted by Crippen LogP contribution is -2.21. The number of hydrogen-bond acceptors (Lipinski definition) is 3. The van der Waals surface area contributed by atoms with Gasteiger partial charge in [0.1, 0.15) is 11.9 Å². The molecule has 4 heteroatoms. The summed E-state index contributed by atoms with van der Waals surface area (Å²) < 4.78 is 5.73. The Bertz CT molecular complexity index is 292. The number of benzene rings is 1. The fourth-order valence-corrected chi connectivity index (χ4v) is 0.968. The van der Waals surface area contributed by atoms with Gasteiger partial charge in [-0.05, 0) is 31.2 Å². The van der Waals surface area contributed by atoms with Gasteiger partial charge in [0, 0.05) is 4.47 Å². The van der Waals surface area contributed by atoms with E-state index in [1.165, 1.54) is 6.92 Å². The zero-order valence-corrected chi connectivity index (χ0v) is 8.61. The van der Waals surface area contributed by atoms with Crippen LogP contribution in [0, 0.1) is 0 Å². The van der Waals surface area contributed by atoms with Crippen LogP contribution in [0.15, 0.2) is 28.7 Å². The number of carbonyl (C=O) groups excluding carboxylic acids is 1. The summed E-state index contributed by atoms with van der Waals surface area (Å²) in [5, 5.41) is 8.85. The molecule has 0 heterocycles. The first-order valence-electron chi connectivity index (χ1n) is 3.75. The molecule has 0 aliphatic heterocycles. The highest BCUT2D eigenvalue weighted by atomic mass is 79.9. The summed E-state index contributed by atoms with van der Waals surface area (Å²) in [5.41, 5.74) is 0. The third kappa shape index (κ3) is 3.16. The number of ether oxygens (including phenoxy) is 1. The molecule has 1 rings (SSSR count). The largest absolute Gasteiger partial charge is 0.425 e. The van der Waals surface area contributed by atoms with Crippen LogP contribution in [0.25, 0.3) is 0 Å². The summed E-state index contributed by atoms with van der Waals surface area (Å²) in [7, 11) is 0. The fraction of sp³-hybridized carbons (Fsp3) is 0.222. The number of hydrogen-bond donors (Lipinski definition) is 1. The van der Waals surface area contributed by atoms with Crippen molar-refractivity contribution in [2.75, 3.05) is 0 Å². The van der Waals surface area contributed by atoms with E-state index in [1.807, 2.05) is 0 Å². The zero-order chi connectivity index (χ0) is 9.84. The van der Waals surface area contributed by atoms with Gasteiger partial charge in [-0.3, -0.25) is 0 Å². The lowest BCUT2D eigenvalue weighted by molar-refractivity contribution is -0.142. The quantitative estimate of drug-likeness (QED) is 0.637. The molecule has 0 aliphatic carbocycles. The number of aliphatic hydroxyl groups excluding tert-OH is 1. The Kier molecular flexibility index (Phi) is 3.45. The van der Waals surface area contributed by atoms with Gasteiger partial charge < -0.3 is 9.84 Å². The van der Waals surface area contributed by atoms with Crippen LogP contribution in [-0.2, 0) is 4.79 Å². The van der Waals surface area contributed by atoms with Crippen LogP contribution in [0.4, 0.5) is 0 Å². The van der Waals surface area contributed by atoms with Gasteiger partial charge in [0.2, 0.25) is 0 Å². The monoisotopic (exact) mass is 244 g/mol. The number of carbonyl (C=O) groups is 1. The van der Waals surface area contributed by atoms with Gasteiger partial charge in [0.25, 0.3) is 0 Å². The highest BCUT2D eigenvalue weighted by Crippen LogP contribution is 2.16. The van der Waals surface area contributed by atoms with Crippen LogP contribution in [0.3, 0.4) is 0 Å². The first kappa shape index (κ1) is 10.2. The molecule has 1 aromatic carbocycles. The Balaban J connectivity index is 2.65. The summed E-state index contributed by atoms with van der Waals surface area (Å²) in [5.74, 6) is -0.226. The van der Waals surface area contributed by atoms with E-state index in [-0.39, 0.29) is 0 Å². The van der Waals surface area contributed by atoms with Gasteiger partial charge in [-0.25, -0.2) is 4.79 Å². The van der Waals surface area contributed by atoms with E-state index in [2.05, 4.69) is 15.9 Å². The van der Waals surface area contributed by atoms with Gasteiger partial charge in [0.15, 0.2) is 0 Å². The third-order valence-electron chi connectivity index (χ3n) is 1.37. The predicted molar refractivity (Wildman–Crippen MR) is 51.5 cm³/mol. The van der Waals surface area contributed by atoms with Crippen LogP contribution in [0.5, 0.6) is 5.75 Å². The maximum Gasteiger partial charge on any atom is 0.340 e. The molecule has 0 saturated carbocycles. The Labute approximate surface area is 84.5 Å². The third-order valence-corrected chi connectivity index (χ3v) is 1.90. The summed E-state index contributed by atoms with van der Waals surface area (Å²) in [4.78, 5) is 10.9. The maximum absolute atomic E-state index is 10.9. The van der Waals surface area contributed by atoms with Crippen molar-refractivity contribution in [3.05, 3.63) is 28.7 Å². The molecule has 3 nitrogen and oxygen atoms in total. The van der Waals surface area contributed by atoms with Crippen LogP contribution in [0.2, 0.25) is 0 Å². The Hall–Kier alpha value is -0.870. The highest BCUT2D eigenvalue weighted by molar-refractivity contribution is 9.10. The lowest BCUT2D eigenvalue weighted by atomic mass is 10.3. The van der Waals surface area contributed by atoms with Crippen molar-refractivity contribution in [1.29, 1.82) is 0 Å². The molecule has 0 spiro atoms. The average Bonchev–Trinajstić information content (AvgIpc) is 2.08. The van der Waals surface area contributed by atoms with Gasteiger partial charge in [-0.15, -0.1) is 0 Å². The molecule has 0 bridgehead atoms. The lowest BCUT2D eigenvalue weighted by Gasteiger charge is -2.05. The molecule has 70 valence electrons. The minimum atomic E-state index is -1.09. The smallest absolute Gasteiger partial charge is 0.340 e. The second-order valence-corrected chi connectivity index (χ2v) is 3.47. The zero-order valence-electron chi connectivity index (χ0n) is 7.03. The molecular formula is C9H9BrO3. The van der Waals surface area contributed by atoms with Crippen LogP contribution >= 0.6 is 15.9 Å². The molecular weight excluding hydrogens is 236 g/mol. The molecule has 0 saturated heterocycles. The number of rotatable bonds is 2. The Morgan fingerprint density at radius 1 is 1.46 bits per heavy atom. The second kappa shape index (κ2) is 4.39. The molecule has 0 radical (unpaired) electrons. The summed E-state index contributed by atoms with van der Waals surface area (Å²) in [6, 6.07) is 6.80. The molecule has 0 amide bonds. The fourth-order valence-electron chi connectivity index (χ4n) is 0.704. The normalized spacial score (nSPS) is 12.2. The topological polar surface area (TPSA) is 46.5 Å². The van der Waals surface area contributed by atoms with Gasteiger partial charge in [0.05, 0.1) is 0 Å². The number of aliphatic hydroxyl groups is 1. The van der Waals surface area contributed by atoms with Gasteiger partial charge in [-0.2, -0.15) is 0 Å². The van der Waals surface area contributed by atoms with Gasteiger partial charge >= 0.3 is 5.97 Å². The van der Waals surface area contributed by atoms with E-state index in [4.69, 9.17) is 9.84 Å². The standard InChI is InChI=1S/C9H9BrO3/c1-6(11)9(12)13-8-4-2-7(10)3-5-8/h2-6,11H,1H3. The van der Waals surface area contributed by atoms with Crippen molar-refractivity contribution in [3.63, 3.8) is 0 Å². The van der Waals surface area contributed by atoms with Crippen molar-refractivity contribution in [3.8, 4) is 5.75 Å². The minimum Gasteiger partial charge on any atom is -0.425 e. The SMILES string of the molecule is CC(O)C(=O)Oc1ccc(Br)cc1. The van der Waals surface area contributed by atoms with Crippen LogP contribution < -0.4 is 4.74 Å². The first-order valence-corrected chi connectivity index (χ1v) is 4.54. The average molecular weight is 245 g/mol. The van der Waals surface area contributed by atoms with E-state index in [0.717, 1.165) is 4.47 Å². The Morgan fingerprint density at radius 2 is 2.00 bits per heavy atom. The van der Waals surface area contributed by atoms with E-state index in [9.17, 15) is 4.79 Å². The maximum atomic E-state index is 10.9. The Morgan fingerprint density at radius 3 is 2.46 bits per heavy atom. The summed E-state index contributed by atoms with van der Waals surface area (Å²) in [6.07, 6.45) is -1.09. The molecule has 0 aliphatic rings. The van der Waals surface area contributed by atoms with Gasteiger partial charge in [-0.1, -0.05) is 15.9 Å². The molecule has 0 aromatic heterocycles. The van der Waals surface area contributed by atoms with Crippen molar-refractivity contribution in [1.82, 2.24) is 0 Å². The molecule has 1 N–H and O–H groups in total. The second-order valence-electron chi connectivity index (χ2n) is 2.55. The van der Waals surface area contributed by atoms with E-state index >= 15 is 0 Å². The first-order chi connectivity index (χ1) is 6.09. The van der Waals surface area contributed by atoms with Crippen molar-refractivity contribution in [2.45, 2.75) is 13.0 Å². The minimum absolute atomic E-state index is 0.425. The van der Waals surface area contributed by atoms with E-state index in [1.54, 1.807) is 24.3 Å². The molecule has 0 fully saturated rings. The summed E-state index contributed by atoms with van der Waals surface area (Å²) >= 11 is 3.25. The molecule has 1 aromatic rings.